The van der Waals surface area contributed by atoms with Crippen molar-refractivity contribution in [3.63, 3.8) is 0 Å². The van der Waals surface area contributed by atoms with Crippen molar-refractivity contribution in [3.8, 4) is 23.0 Å². The second kappa shape index (κ2) is 9.49. The molecule has 0 amide bonds. The van der Waals surface area contributed by atoms with E-state index in [0.717, 1.165) is 24.0 Å². The first-order valence-corrected chi connectivity index (χ1v) is 9.52. The molecule has 0 N–H and O–H groups in total. The lowest BCUT2D eigenvalue weighted by molar-refractivity contribution is 0.454. The predicted molar refractivity (Wildman–Crippen MR) is 113 cm³/mol. The molecule has 0 bridgehead atoms. The molecule has 0 aromatic heterocycles. The lowest BCUT2D eigenvalue weighted by atomic mass is 10.0. The highest BCUT2D eigenvalue weighted by atomic mass is 32.1. The maximum atomic E-state index is 14.1. The first-order chi connectivity index (χ1) is 14.5. The van der Waals surface area contributed by atoms with Crippen molar-refractivity contribution in [2.75, 3.05) is 0 Å². The van der Waals surface area contributed by atoms with Crippen LogP contribution >= 0.6 is 12.2 Å². The van der Waals surface area contributed by atoms with Crippen molar-refractivity contribution in [2.45, 2.75) is 19.8 Å². The van der Waals surface area contributed by atoms with E-state index in [4.69, 9.17) is 0 Å². The zero-order valence-electron chi connectivity index (χ0n) is 15.9. The van der Waals surface area contributed by atoms with Crippen LogP contribution in [0.2, 0.25) is 0 Å². The summed E-state index contributed by atoms with van der Waals surface area (Å²) >= 11 is 4.23. The van der Waals surface area contributed by atoms with Gasteiger partial charge in [0, 0.05) is 5.56 Å². The van der Waals surface area contributed by atoms with E-state index in [2.05, 4.69) is 48.1 Å². The Hall–Kier alpha value is -3.26. The van der Waals surface area contributed by atoms with Crippen molar-refractivity contribution in [1.29, 1.82) is 0 Å². The normalized spacial score (nSPS) is 10.2. The number of isothiocyanates is 1. The van der Waals surface area contributed by atoms with Gasteiger partial charge in [0.2, 0.25) is 0 Å². The van der Waals surface area contributed by atoms with E-state index in [-0.39, 0.29) is 0 Å². The van der Waals surface area contributed by atoms with E-state index >= 15 is 0 Å². The molecule has 0 fully saturated rings. The smallest absolute Gasteiger partial charge is 0.189 e. The van der Waals surface area contributed by atoms with Crippen LogP contribution in [0.4, 0.5) is 23.2 Å². The Labute approximate surface area is 177 Å². The number of thiocarbonyl (C=S) groups is 1. The SMILES string of the molecule is CCCc1ccc(-c2ccc(C#Cc3c(F)c(F)c(N=C=S)c(F)c3F)cc2)cc1. The second-order valence-corrected chi connectivity index (χ2v) is 6.64. The van der Waals surface area contributed by atoms with Crippen LogP contribution in [0.15, 0.2) is 53.5 Å². The maximum absolute atomic E-state index is 14.1. The number of rotatable bonds is 4. The van der Waals surface area contributed by atoms with Gasteiger partial charge in [-0.15, -0.1) is 0 Å². The predicted octanol–water partition coefficient (Wildman–Crippen LogP) is 7.00. The number of nitrogens with zero attached hydrogens (tertiary/aromatic N) is 1. The zero-order valence-corrected chi connectivity index (χ0v) is 16.7. The summed E-state index contributed by atoms with van der Waals surface area (Å²) in [6, 6.07) is 15.1. The molecule has 0 spiro atoms. The van der Waals surface area contributed by atoms with Crippen LogP contribution in [-0.2, 0) is 6.42 Å². The summed E-state index contributed by atoms with van der Waals surface area (Å²) in [6.45, 7) is 2.12. The Balaban J connectivity index is 1.89. The van der Waals surface area contributed by atoms with Crippen molar-refractivity contribution in [1.82, 2.24) is 0 Å². The molecule has 3 rings (SSSR count). The van der Waals surface area contributed by atoms with E-state index in [1.54, 1.807) is 17.3 Å². The van der Waals surface area contributed by atoms with Gasteiger partial charge in [-0.2, -0.15) is 4.99 Å². The summed E-state index contributed by atoms with van der Waals surface area (Å²) in [4.78, 5) is 3.03. The first kappa shape index (κ1) is 21.4. The van der Waals surface area contributed by atoms with Gasteiger partial charge in [-0.05, 0) is 47.5 Å². The molecule has 6 heteroatoms. The van der Waals surface area contributed by atoms with E-state index in [9.17, 15) is 17.6 Å². The molecule has 150 valence electrons. The van der Waals surface area contributed by atoms with Gasteiger partial charge in [-0.1, -0.05) is 61.6 Å². The quantitative estimate of drug-likeness (QED) is 0.144. The number of aryl methyl sites for hydroxylation is 1. The summed E-state index contributed by atoms with van der Waals surface area (Å²) in [5.41, 5.74) is 1.48. The van der Waals surface area contributed by atoms with Crippen LogP contribution in [-0.4, -0.2) is 5.16 Å². The highest BCUT2D eigenvalue weighted by molar-refractivity contribution is 7.78. The Bertz CT molecular complexity index is 1150. The fraction of sp³-hybridized carbons (Fsp3) is 0.125. The molecular weight excluding hydrogens is 410 g/mol. The van der Waals surface area contributed by atoms with E-state index in [1.165, 1.54) is 5.56 Å². The third-order valence-electron chi connectivity index (χ3n) is 4.44. The minimum atomic E-state index is -1.67. The van der Waals surface area contributed by atoms with Gasteiger partial charge in [0.1, 0.15) is 5.56 Å². The summed E-state index contributed by atoms with van der Waals surface area (Å²) in [5, 5.41) is 1.68. The Kier molecular flexibility index (Phi) is 6.79. The lowest BCUT2D eigenvalue weighted by Crippen LogP contribution is -2.00. The maximum Gasteiger partial charge on any atom is 0.189 e. The molecule has 0 aliphatic heterocycles. The average Bonchev–Trinajstić information content (AvgIpc) is 2.76. The molecule has 0 saturated heterocycles. The summed E-state index contributed by atoms with van der Waals surface area (Å²) in [6.07, 6.45) is 2.09. The second-order valence-electron chi connectivity index (χ2n) is 6.46. The molecule has 0 radical (unpaired) electrons. The van der Waals surface area contributed by atoms with Gasteiger partial charge in [-0.25, -0.2) is 17.6 Å². The standard InChI is InChI=1S/C24H15F4NS/c1-2-3-15-4-9-17(10-5-15)18-11-6-16(7-12-18)8-13-19-20(25)22(27)24(29-14-30)23(28)21(19)26/h4-7,9-12H,2-3H2,1H3. The van der Waals surface area contributed by atoms with Crippen molar-refractivity contribution in [3.05, 3.63) is 88.5 Å². The number of hydrogen-bond donors (Lipinski definition) is 0. The van der Waals surface area contributed by atoms with Gasteiger partial charge in [0.15, 0.2) is 29.0 Å². The van der Waals surface area contributed by atoms with Gasteiger partial charge in [0.25, 0.3) is 0 Å². The van der Waals surface area contributed by atoms with Crippen molar-refractivity contribution in [2.24, 2.45) is 4.99 Å². The lowest BCUT2D eigenvalue weighted by Gasteiger charge is -2.05. The largest absolute Gasteiger partial charge is 0.202 e. The molecule has 3 aromatic carbocycles. The Morgan fingerprint density at radius 2 is 1.30 bits per heavy atom. The zero-order chi connectivity index (χ0) is 21.7. The van der Waals surface area contributed by atoms with E-state index < -0.39 is 34.5 Å². The molecule has 0 atom stereocenters. The fourth-order valence-corrected chi connectivity index (χ4v) is 3.00. The molecule has 3 aromatic rings. The fourth-order valence-electron chi connectivity index (χ4n) is 2.91. The van der Waals surface area contributed by atoms with Gasteiger partial charge in [0.05, 0.1) is 5.16 Å². The van der Waals surface area contributed by atoms with Crippen molar-refractivity contribution < 1.29 is 17.6 Å². The molecule has 0 aliphatic carbocycles. The number of hydrogen-bond acceptors (Lipinski definition) is 2. The van der Waals surface area contributed by atoms with Crippen LogP contribution in [0.25, 0.3) is 11.1 Å². The molecular formula is C24H15F4NS. The highest BCUT2D eigenvalue weighted by Gasteiger charge is 2.24. The summed E-state index contributed by atoms with van der Waals surface area (Å²) in [5.74, 6) is -1.91. The molecule has 0 heterocycles. The molecule has 0 aliphatic rings. The molecule has 0 saturated carbocycles. The third-order valence-corrected chi connectivity index (χ3v) is 4.53. The summed E-state index contributed by atoms with van der Waals surface area (Å²) < 4.78 is 56.0. The van der Waals surface area contributed by atoms with Crippen LogP contribution in [0.3, 0.4) is 0 Å². The first-order valence-electron chi connectivity index (χ1n) is 9.11. The Morgan fingerprint density at radius 3 is 1.80 bits per heavy atom. The molecule has 1 nitrogen and oxygen atoms in total. The van der Waals surface area contributed by atoms with Gasteiger partial charge >= 0.3 is 0 Å². The topological polar surface area (TPSA) is 12.4 Å². The molecule has 30 heavy (non-hydrogen) atoms. The number of halogens is 4. The number of aliphatic imine (C=N–C) groups is 1. The third kappa shape index (κ3) is 4.49. The monoisotopic (exact) mass is 425 g/mol. The minimum Gasteiger partial charge on any atom is -0.202 e. The van der Waals surface area contributed by atoms with Crippen LogP contribution < -0.4 is 0 Å². The average molecular weight is 425 g/mol. The molecule has 0 unspecified atom stereocenters. The van der Waals surface area contributed by atoms with Crippen LogP contribution in [0.5, 0.6) is 0 Å². The number of benzene rings is 3. The van der Waals surface area contributed by atoms with E-state index in [0.29, 0.717) is 5.56 Å². The van der Waals surface area contributed by atoms with Gasteiger partial charge < -0.3 is 0 Å². The van der Waals surface area contributed by atoms with Gasteiger partial charge in [-0.3, -0.25) is 0 Å². The summed E-state index contributed by atoms with van der Waals surface area (Å²) in [7, 11) is 0. The van der Waals surface area contributed by atoms with E-state index in [1.807, 2.05) is 24.3 Å². The van der Waals surface area contributed by atoms with Crippen molar-refractivity contribution >= 4 is 23.1 Å². The Morgan fingerprint density at radius 1 is 0.767 bits per heavy atom. The van der Waals surface area contributed by atoms with Crippen LogP contribution in [0.1, 0.15) is 30.0 Å². The van der Waals surface area contributed by atoms with Crippen LogP contribution in [0, 0.1) is 35.1 Å². The minimum absolute atomic E-state index is 0.432. The highest BCUT2D eigenvalue weighted by Crippen LogP contribution is 2.29.